The Morgan fingerprint density at radius 1 is 1.33 bits per heavy atom. The van der Waals surface area contributed by atoms with Gasteiger partial charge in [0.1, 0.15) is 0 Å². The van der Waals surface area contributed by atoms with E-state index >= 15 is 0 Å². The van der Waals surface area contributed by atoms with E-state index in [1.165, 1.54) is 24.5 Å². The third-order valence-corrected chi connectivity index (χ3v) is 5.25. The van der Waals surface area contributed by atoms with Crippen molar-refractivity contribution in [2.45, 2.75) is 39.3 Å². The molecule has 2 saturated heterocycles. The first-order valence-electron chi connectivity index (χ1n) is 6.08. The molecule has 2 heterocycles. The van der Waals surface area contributed by atoms with Gasteiger partial charge in [-0.25, -0.2) is 0 Å². The molecule has 88 valence electrons. The molecule has 15 heavy (non-hydrogen) atoms. The van der Waals surface area contributed by atoms with Gasteiger partial charge in [-0.05, 0) is 23.5 Å². The summed E-state index contributed by atoms with van der Waals surface area (Å²) in [6.07, 6.45) is 1.35. The highest BCUT2D eigenvalue weighted by atomic mass is 32.2. The molecule has 0 aliphatic carbocycles. The molecule has 3 atom stereocenters. The Kier molecular flexibility index (Phi) is 3.34. The van der Waals surface area contributed by atoms with Crippen molar-refractivity contribution in [1.29, 1.82) is 0 Å². The zero-order valence-electron chi connectivity index (χ0n) is 10.2. The molecule has 0 amide bonds. The van der Waals surface area contributed by atoms with E-state index in [-0.39, 0.29) is 0 Å². The number of rotatable bonds is 1. The predicted molar refractivity (Wildman–Crippen MR) is 68.2 cm³/mol. The van der Waals surface area contributed by atoms with Gasteiger partial charge in [-0.15, -0.1) is 0 Å². The highest BCUT2D eigenvalue weighted by molar-refractivity contribution is 7.99. The van der Waals surface area contributed by atoms with Crippen LogP contribution in [0.1, 0.15) is 27.2 Å². The first-order chi connectivity index (χ1) is 7.00. The van der Waals surface area contributed by atoms with Crippen LogP contribution in [0.15, 0.2) is 0 Å². The Bertz CT molecular complexity index is 220. The molecule has 0 saturated carbocycles. The molecule has 2 aliphatic heterocycles. The number of hydrogen-bond donors (Lipinski definition) is 1. The van der Waals surface area contributed by atoms with E-state index in [1.54, 1.807) is 0 Å². The number of likely N-dealkylation sites (tertiary alicyclic amines) is 1. The maximum Gasteiger partial charge on any atom is 0.0238 e. The van der Waals surface area contributed by atoms with Crippen molar-refractivity contribution in [3.05, 3.63) is 0 Å². The summed E-state index contributed by atoms with van der Waals surface area (Å²) >= 11 is 2.11. The van der Waals surface area contributed by atoms with Crippen molar-refractivity contribution in [2.75, 3.05) is 24.6 Å². The van der Waals surface area contributed by atoms with Gasteiger partial charge in [0.25, 0.3) is 0 Å². The van der Waals surface area contributed by atoms with Crippen LogP contribution in [0.3, 0.4) is 0 Å². The van der Waals surface area contributed by atoms with Gasteiger partial charge in [-0.1, -0.05) is 20.8 Å². The van der Waals surface area contributed by atoms with Crippen LogP contribution in [-0.4, -0.2) is 41.6 Å². The predicted octanol–water partition coefficient (Wildman–Crippen LogP) is 1.80. The second kappa shape index (κ2) is 4.27. The highest BCUT2D eigenvalue weighted by Gasteiger charge is 2.40. The third kappa shape index (κ3) is 2.34. The fourth-order valence-corrected chi connectivity index (χ4v) is 4.53. The molecule has 2 rings (SSSR count). The van der Waals surface area contributed by atoms with Crippen molar-refractivity contribution in [2.24, 2.45) is 17.1 Å². The lowest BCUT2D eigenvalue weighted by Gasteiger charge is -2.43. The minimum absolute atomic E-state index is 0.396. The second-order valence-corrected chi connectivity index (χ2v) is 7.07. The Labute approximate surface area is 98.0 Å². The number of nitrogens with zero attached hydrogens (tertiary/aromatic N) is 1. The largest absolute Gasteiger partial charge is 0.326 e. The molecule has 0 aromatic heterocycles. The smallest absolute Gasteiger partial charge is 0.0238 e. The van der Waals surface area contributed by atoms with Crippen molar-refractivity contribution >= 4 is 11.8 Å². The summed E-state index contributed by atoms with van der Waals surface area (Å²) in [6.45, 7) is 9.44. The van der Waals surface area contributed by atoms with Crippen LogP contribution < -0.4 is 5.73 Å². The Morgan fingerprint density at radius 3 is 2.60 bits per heavy atom. The zero-order chi connectivity index (χ0) is 11.1. The summed E-state index contributed by atoms with van der Waals surface area (Å²) in [5.74, 6) is 3.30. The Hall–Kier alpha value is 0.270. The van der Waals surface area contributed by atoms with Gasteiger partial charge in [0.15, 0.2) is 0 Å². The quantitative estimate of drug-likeness (QED) is 0.742. The Balaban J connectivity index is 2.03. The van der Waals surface area contributed by atoms with Crippen LogP contribution >= 0.6 is 11.8 Å². The first-order valence-corrected chi connectivity index (χ1v) is 7.23. The highest BCUT2D eigenvalue weighted by Crippen LogP contribution is 2.38. The molecular formula is C12H24N2S. The SMILES string of the molecule is CC1CN(C2CSCCC2(C)C)CC1N. The maximum atomic E-state index is 6.12. The van der Waals surface area contributed by atoms with Crippen LogP contribution in [0.5, 0.6) is 0 Å². The number of nitrogens with two attached hydrogens (primary N) is 1. The van der Waals surface area contributed by atoms with E-state index in [0.717, 1.165) is 12.6 Å². The van der Waals surface area contributed by atoms with Gasteiger partial charge in [-0.3, -0.25) is 4.90 Å². The van der Waals surface area contributed by atoms with Crippen molar-refractivity contribution in [1.82, 2.24) is 4.90 Å². The molecule has 3 heteroatoms. The molecule has 2 fully saturated rings. The van der Waals surface area contributed by atoms with E-state index in [1.807, 2.05) is 0 Å². The maximum absolute atomic E-state index is 6.12. The van der Waals surface area contributed by atoms with Gasteiger partial charge in [-0.2, -0.15) is 11.8 Å². The summed E-state index contributed by atoms with van der Waals surface area (Å²) in [5, 5.41) is 0. The average molecular weight is 228 g/mol. The lowest BCUT2D eigenvalue weighted by molar-refractivity contribution is 0.117. The molecule has 0 bridgehead atoms. The van der Waals surface area contributed by atoms with Crippen molar-refractivity contribution in [3.63, 3.8) is 0 Å². The van der Waals surface area contributed by atoms with E-state index in [4.69, 9.17) is 5.73 Å². The normalized spacial score (nSPS) is 42.0. The summed E-state index contributed by atoms with van der Waals surface area (Å²) in [4.78, 5) is 2.64. The summed E-state index contributed by atoms with van der Waals surface area (Å²) in [5.41, 5.74) is 6.60. The Morgan fingerprint density at radius 2 is 2.07 bits per heavy atom. The van der Waals surface area contributed by atoms with E-state index in [0.29, 0.717) is 17.4 Å². The minimum Gasteiger partial charge on any atom is -0.326 e. The molecule has 3 unspecified atom stereocenters. The minimum atomic E-state index is 0.396. The molecule has 2 nitrogen and oxygen atoms in total. The van der Waals surface area contributed by atoms with Gasteiger partial charge in [0, 0.05) is 30.9 Å². The van der Waals surface area contributed by atoms with Gasteiger partial charge in [0.05, 0.1) is 0 Å². The second-order valence-electron chi connectivity index (χ2n) is 5.92. The van der Waals surface area contributed by atoms with Crippen LogP contribution in [0.2, 0.25) is 0 Å². The van der Waals surface area contributed by atoms with Crippen LogP contribution in [0.25, 0.3) is 0 Å². The molecule has 0 spiro atoms. The van der Waals surface area contributed by atoms with Gasteiger partial charge >= 0.3 is 0 Å². The van der Waals surface area contributed by atoms with Crippen molar-refractivity contribution in [3.8, 4) is 0 Å². The molecule has 2 aliphatic rings. The summed E-state index contributed by atoms with van der Waals surface area (Å²) in [7, 11) is 0. The van der Waals surface area contributed by atoms with Crippen molar-refractivity contribution < 1.29 is 0 Å². The topological polar surface area (TPSA) is 29.3 Å². The van der Waals surface area contributed by atoms with E-state index in [2.05, 4.69) is 37.4 Å². The molecule has 2 N–H and O–H groups in total. The molecule has 0 aromatic carbocycles. The monoisotopic (exact) mass is 228 g/mol. The average Bonchev–Trinajstić information content (AvgIpc) is 2.46. The zero-order valence-corrected chi connectivity index (χ0v) is 11.0. The molecule has 0 aromatic rings. The van der Waals surface area contributed by atoms with Gasteiger partial charge < -0.3 is 5.73 Å². The summed E-state index contributed by atoms with van der Waals surface area (Å²) < 4.78 is 0. The lowest BCUT2D eigenvalue weighted by Crippen LogP contribution is -2.49. The van der Waals surface area contributed by atoms with E-state index < -0.39 is 0 Å². The van der Waals surface area contributed by atoms with Crippen LogP contribution in [0, 0.1) is 11.3 Å². The lowest BCUT2D eigenvalue weighted by atomic mass is 9.81. The van der Waals surface area contributed by atoms with Crippen LogP contribution in [-0.2, 0) is 0 Å². The fourth-order valence-electron chi connectivity index (χ4n) is 2.81. The number of hydrogen-bond acceptors (Lipinski definition) is 3. The summed E-state index contributed by atoms with van der Waals surface area (Å²) in [6, 6.07) is 1.14. The number of thioether (sulfide) groups is 1. The van der Waals surface area contributed by atoms with Crippen LogP contribution in [0.4, 0.5) is 0 Å². The molecule has 0 radical (unpaired) electrons. The first kappa shape index (κ1) is 11.7. The molecular weight excluding hydrogens is 204 g/mol. The van der Waals surface area contributed by atoms with Gasteiger partial charge in [0.2, 0.25) is 0 Å². The standard InChI is InChI=1S/C12H24N2S/c1-9-6-14(7-10(9)13)11-8-15-5-4-12(11,2)3/h9-11H,4-8,13H2,1-3H3. The fraction of sp³-hybridized carbons (Fsp3) is 1.00. The third-order valence-electron chi connectivity index (χ3n) is 4.21. The van der Waals surface area contributed by atoms with E-state index in [9.17, 15) is 0 Å².